The Labute approximate surface area is 169 Å². The number of hydrogen-bond acceptors (Lipinski definition) is 5. The third kappa shape index (κ3) is 4.89. The van der Waals surface area contributed by atoms with Crippen LogP contribution in [0.2, 0.25) is 0 Å². The van der Waals surface area contributed by atoms with Crippen molar-refractivity contribution in [2.75, 3.05) is 11.1 Å². The van der Waals surface area contributed by atoms with Crippen molar-refractivity contribution >= 4 is 23.0 Å². The third-order valence-electron chi connectivity index (χ3n) is 4.86. The highest BCUT2D eigenvalue weighted by Crippen LogP contribution is 2.19. The number of para-hydroxylation sites is 1. The van der Waals surface area contributed by atoms with Gasteiger partial charge in [-0.2, -0.15) is 5.10 Å². The molecule has 1 aliphatic rings. The molecule has 0 aliphatic heterocycles. The monoisotopic (exact) mass is 388 g/mol. The Morgan fingerprint density at radius 1 is 1.17 bits per heavy atom. The van der Waals surface area contributed by atoms with Gasteiger partial charge in [-0.25, -0.2) is 0 Å². The maximum Gasteiger partial charge on any atom is 0.274 e. The van der Waals surface area contributed by atoms with E-state index in [4.69, 9.17) is 11.1 Å². The van der Waals surface area contributed by atoms with Crippen molar-refractivity contribution in [3.05, 3.63) is 77.6 Å². The van der Waals surface area contributed by atoms with E-state index in [1.54, 1.807) is 41.3 Å². The topological polar surface area (TPSA) is 109 Å². The molecule has 1 saturated carbocycles. The van der Waals surface area contributed by atoms with Crippen molar-refractivity contribution in [1.29, 1.82) is 5.41 Å². The number of benzene rings is 2. The number of carbonyl (C=O) groups is 1. The Bertz CT molecular complexity index is 1040. The number of nitrogens with one attached hydrogen (secondary N) is 3. The first-order chi connectivity index (χ1) is 14.1. The van der Waals surface area contributed by atoms with Gasteiger partial charge in [0.15, 0.2) is 0 Å². The lowest BCUT2D eigenvalue weighted by Crippen LogP contribution is -2.23. The molecule has 1 heterocycles. The van der Waals surface area contributed by atoms with E-state index in [0.29, 0.717) is 29.5 Å². The molecule has 2 aromatic carbocycles. The first-order valence-corrected chi connectivity index (χ1v) is 9.67. The SMILES string of the molecule is N=C(C(=O)Nc1cnn(Cc2cccc(CNC3CC3)c2)c1)c1ccccc1N. The molecular weight excluding hydrogens is 364 g/mol. The zero-order valence-corrected chi connectivity index (χ0v) is 16.1. The molecule has 5 N–H and O–H groups in total. The molecule has 1 aliphatic carbocycles. The fourth-order valence-corrected chi connectivity index (χ4v) is 3.13. The zero-order valence-electron chi connectivity index (χ0n) is 16.1. The van der Waals surface area contributed by atoms with Gasteiger partial charge in [0.25, 0.3) is 5.91 Å². The lowest BCUT2D eigenvalue weighted by molar-refractivity contribution is -0.110. The largest absolute Gasteiger partial charge is 0.398 e. The lowest BCUT2D eigenvalue weighted by atomic mass is 10.1. The van der Waals surface area contributed by atoms with Crippen LogP contribution in [0.5, 0.6) is 0 Å². The van der Waals surface area contributed by atoms with E-state index in [0.717, 1.165) is 12.1 Å². The number of nitrogen functional groups attached to an aromatic ring is 1. The highest BCUT2D eigenvalue weighted by Gasteiger charge is 2.20. The van der Waals surface area contributed by atoms with E-state index >= 15 is 0 Å². The molecule has 1 fully saturated rings. The van der Waals surface area contributed by atoms with Gasteiger partial charge in [0.2, 0.25) is 0 Å². The summed E-state index contributed by atoms with van der Waals surface area (Å²) in [5.41, 5.74) is 9.43. The van der Waals surface area contributed by atoms with Gasteiger partial charge in [0.1, 0.15) is 5.71 Å². The van der Waals surface area contributed by atoms with Gasteiger partial charge in [-0.3, -0.25) is 14.9 Å². The molecule has 3 aromatic rings. The fraction of sp³-hybridized carbons (Fsp3) is 0.227. The predicted molar refractivity (Wildman–Crippen MR) is 114 cm³/mol. The number of aromatic nitrogens is 2. The molecule has 1 aromatic heterocycles. The fourth-order valence-electron chi connectivity index (χ4n) is 3.13. The van der Waals surface area contributed by atoms with Crippen LogP contribution in [0.3, 0.4) is 0 Å². The summed E-state index contributed by atoms with van der Waals surface area (Å²) in [4.78, 5) is 12.4. The Morgan fingerprint density at radius 3 is 2.76 bits per heavy atom. The van der Waals surface area contributed by atoms with Crippen molar-refractivity contribution in [3.8, 4) is 0 Å². The molecule has 0 spiro atoms. The Hall–Kier alpha value is -3.45. The molecule has 0 atom stereocenters. The standard InChI is InChI=1S/C22H24N6O/c23-20-7-2-1-6-19(20)21(24)22(29)27-18-12-26-28(14-18)13-16-5-3-4-15(10-16)11-25-17-8-9-17/h1-7,10,12,14,17,24-25H,8-9,11,13,23H2,(H,27,29). The average molecular weight is 388 g/mol. The summed E-state index contributed by atoms with van der Waals surface area (Å²) in [6.07, 6.45) is 5.89. The van der Waals surface area contributed by atoms with E-state index in [1.165, 1.54) is 18.4 Å². The normalized spacial score (nSPS) is 13.2. The van der Waals surface area contributed by atoms with E-state index in [9.17, 15) is 4.79 Å². The maximum atomic E-state index is 12.4. The zero-order chi connectivity index (χ0) is 20.2. The summed E-state index contributed by atoms with van der Waals surface area (Å²) in [5, 5.41) is 18.6. The minimum atomic E-state index is -0.518. The summed E-state index contributed by atoms with van der Waals surface area (Å²) < 4.78 is 1.77. The summed E-state index contributed by atoms with van der Waals surface area (Å²) in [6, 6.07) is 15.9. The van der Waals surface area contributed by atoms with Crippen LogP contribution in [0.25, 0.3) is 0 Å². The van der Waals surface area contributed by atoms with Gasteiger partial charge in [-0.1, -0.05) is 42.5 Å². The third-order valence-corrected chi connectivity index (χ3v) is 4.86. The summed E-state index contributed by atoms with van der Waals surface area (Å²) >= 11 is 0. The number of nitrogens with two attached hydrogens (primary N) is 1. The minimum absolute atomic E-state index is 0.174. The second-order valence-corrected chi connectivity index (χ2v) is 7.32. The summed E-state index contributed by atoms with van der Waals surface area (Å²) in [7, 11) is 0. The van der Waals surface area contributed by atoms with E-state index in [-0.39, 0.29) is 5.71 Å². The number of anilines is 2. The van der Waals surface area contributed by atoms with E-state index in [2.05, 4.69) is 40.0 Å². The van der Waals surface area contributed by atoms with Gasteiger partial charge in [-0.15, -0.1) is 0 Å². The number of nitrogens with zero attached hydrogens (tertiary/aromatic N) is 2. The minimum Gasteiger partial charge on any atom is -0.398 e. The van der Waals surface area contributed by atoms with Gasteiger partial charge in [-0.05, 0) is 30.0 Å². The molecule has 1 amide bonds. The predicted octanol–water partition coefficient (Wildman–Crippen LogP) is 2.77. The first-order valence-electron chi connectivity index (χ1n) is 9.67. The van der Waals surface area contributed by atoms with Gasteiger partial charge in [0.05, 0.1) is 18.4 Å². The number of amides is 1. The molecule has 0 radical (unpaired) electrons. The van der Waals surface area contributed by atoms with Crippen LogP contribution in [-0.4, -0.2) is 27.4 Å². The quantitative estimate of drug-likeness (QED) is 0.351. The Balaban J connectivity index is 1.37. The van der Waals surface area contributed by atoms with Crippen molar-refractivity contribution in [3.63, 3.8) is 0 Å². The summed E-state index contributed by atoms with van der Waals surface area (Å²) in [6.45, 7) is 1.49. The van der Waals surface area contributed by atoms with Gasteiger partial charge in [0, 0.05) is 30.0 Å². The summed E-state index contributed by atoms with van der Waals surface area (Å²) in [5.74, 6) is -0.518. The number of carbonyl (C=O) groups excluding carboxylic acids is 1. The van der Waals surface area contributed by atoms with Crippen LogP contribution >= 0.6 is 0 Å². The second kappa shape index (κ2) is 8.28. The van der Waals surface area contributed by atoms with Crippen LogP contribution in [0.1, 0.15) is 29.5 Å². The number of hydrogen-bond donors (Lipinski definition) is 4. The van der Waals surface area contributed by atoms with Crippen LogP contribution in [0, 0.1) is 5.41 Å². The molecule has 0 bridgehead atoms. The molecular formula is C22H24N6O. The van der Waals surface area contributed by atoms with Gasteiger partial charge < -0.3 is 16.4 Å². The lowest BCUT2D eigenvalue weighted by Gasteiger charge is -2.07. The van der Waals surface area contributed by atoms with Crippen molar-refractivity contribution in [1.82, 2.24) is 15.1 Å². The highest BCUT2D eigenvalue weighted by molar-refractivity contribution is 6.48. The average Bonchev–Trinajstić information content (AvgIpc) is 3.46. The van der Waals surface area contributed by atoms with E-state index < -0.39 is 5.91 Å². The van der Waals surface area contributed by atoms with Crippen molar-refractivity contribution in [2.45, 2.75) is 32.0 Å². The van der Waals surface area contributed by atoms with Crippen LogP contribution in [0.15, 0.2) is 60.9 Å². The first kappa shape index (κ1) is 18.9. The molecule has 148 valence electrons. The van der Waals surface area contributed by atoms with E-state index in [1.807, 2.05) is 0 Å². The number of rotatable bonds is 8. The smallest absolute Gasteiger partial charge is 0.274 e. The van der Waals surface area contributed by atoms with Crippen molar-refractivity contribution < 1.29 is 4.79 Å². The Kier molecular flexibility index (Phi) is 5.39. The molecule has 0 unspecified atom stereocenters. The maximum absolute atomic E-state index is 12.4. The molecule has 7 heteroatoms. The van der Waals surface area contributed by atoms with Crippen LogP contribution in [-0.2, 0) is 17.9 Å². The molecule has 7 nitrogen and oxygen atoms in total. The van der Waals surface area contributed by atoms with Gasteiger partial charge >= 0.3 is 0 Å². The van der Waals surface area contributed by atoms with Crippen LogP contribution in [0.4, 0.5) is 11.4 Å². The van der Waals surface area contributed by atoms with Crippen molar-refractivity contribution in [2.24, 2.45) is 0 Å². The molecule has 4 rings (SSSR count). The Morgan fingerprint density at radius 2 is 1.97 bits per heavy atom. The molecule has 0 saturated heterocycles. The molecule has 29 heavy (non-hydrogen) atoms. The second-order valence-electron chi connectivity index (χ2n) is 7.32. The van der Waals surface area contributed by atoms with Crippen LogP contribution < -0.4 is 16.4 Å². The highest BCUT2D eigenvalue weighted by atomic mass is 16.1.